The van der Waals surface area contributed by atoms with Gasteiger partial charge in [0, 0.05) is 32.8 Å². The van der Waals surface area contributed by atoms with Crippen molar-refractivity contribution in [3.8, 4) is 0 Å². The van der Waals surface area contributed by atoms with Gasteiger partial charge in [-0.05, 0) is 38.8 Å². The Kier molecular flexibility index (Phi) is 8.14. The van der Waals surface area contributed by atoms with Crippen molar-refractivity contribution in [2.45, 2.75) is 31.2 Å². The number of aromatic nitrogens is 2. The first-order valence-corrected chi connectivity index (χ1v) is 9.34. The monoisotopic (exact) mass is 379 g/mol. The molecule has 10 heteroatoms. The molecule has 0 spiro atoms. The Hall–Kier alpha value is -1.16. The lowest BCUT2D eigenvalue weighted by molar-refractivity contribution is -0.120. The van der Waals surface area contributed by atoms with Gasteiger partial charge in [-0.2, -0.15) is 0 Å². The Balaban J connectivity index is 0.00000288. The van der Waals surface area contributed by atoms with Crippen LogP contribution in [0.4, 0.5) is 0 Å². The summed E-state index contributed by atoms with van der Waals surface area (Å²) in [6.07, 6.45) is 3.68. The molecular weight excluding hydrogens is 354 g/mol. The predicted octanol–water partition coefficient (Wildman–Crippen LogP) is -0.0655. The van der Waals surface area contributed by atoms with Gasteiger partial charge >= 0.3 is 0 Å². The zero-order valence-electron chi connectivity index (χ0n) is 14.0. The summed E-state index contributed by atoms with van der Waals surface area (Å²) in [5, 5.41) is 6.09. The van der Waals surface area contributed by atoms with Crippen molar-refractivity contribution in [1.29, 1.82) is 0 Å². The number of sulfonamides is 1. The van der Waals surface area contributed by atoms with Crippen molar-refractivity contribution in [3.63, 3.8) is 0 Å². The molecule has 1 aromatic heterocycles. The number of hydrogen-bond donors (Lipinski definition) is 3. The first kappa shape index (κ1) is 20.9. The fourth-order valence-electron chi connectivity index (χ4n) is 2.49. The lowest BCUT2D eigenvalue weighted by Gasteiger charge is -2.09. The van der Waals surface area contributed by atoms with E-state index in [1.54, 1.807) is 18.5 Å². The smallest absolute Gasteiger partial charge is 0.259 e. The van der Waals surface area contributed by atoms with E-state index in [1.165, 1.54) is 6.20 Å². The third kappa shape index (κ3) is 6.04. The second-order valence-electron chi connectivity index (χ2n) is 5.88. The molecule has 3 N–H and O–H groups in total. The molecule has 1 amide bonds. The van der Waals surface area contributed by atoms with Gasteiger partial charge in [-0.3, -0.25) is 4.79 Å². The summed E-state index contributed by atoms with van der Waals surface area (Å²) < 4.78 is 28.1. The van der Waals surface area contributed by atoms with E-state index in [0.717, 1.165) is 25.9 Å². The number of hydrogen-bond acceptors (Lipinski definition) is 5. The molecule has 2 rings (SSSR count). The van der Waals surface area contributed by atoms with E-state index in [-0.39, 0.29) is 36.3 Å². The number of nitrogens with zero attached hydrogens (tertiary/aromatic N) is 2. The van der Waals surface area contributed by atoms with Gasteiger partial charge in [-0.15, -0.1) is 12.4 Å². The van der Waals surface area contributed by atoms with E-state index in [4.69, 9.17) is 0 Å². The molecule has 1 aliphatic heterocycles. The minimum Gasteiger partial charge on any atom is -0.356 e. The molecule has 2 heterocycles. The van der Waals surface area contributed by atoms with Crippen LogP contribution in [-0.2, 0) is 21.9 Å². The van der Waals surface area contributed by atoms with Gasteiger partial charge in [-0.25, -0.2) is 18.1 Å². The number of rotatable bonds is 8. The molecular formula is C14H26ClN5O3S. The highest BCUT2D eigenvalue weighted by Gasteiger charge is 2.18. The van der Waals surface area contributed by atoms with Crippen LogP contribution in [0.25, 0.3) is 0 Å². The fraction of sp³-hybridized carbons (Fsp3) is 0.714. The van der Waals surface area contributed by atoms with Crippen LogP contribution in [0.2, 0.25) is 0 Å². The van der Waals surface area contributed by atoms with Gasteiger partial charge in [0.25, 0.3) is 10.0 Å². The average Bonchev–Trinajstić information content (AvgIpc) is 3.10. The van der Waals surface area contributed by atoms with Crippen LogP contribution < -0.4 is 15.4 Å². The molecule has 0 aliphatic carbocycles. The third-order valence-electron chi connectivity index (χ3n) is 4.04. The maximum atomic E-state index is 12.0. The third-order valence-corrected chi connectivity index (χ3v) is 5.37. The first-order valence-electron chi connectivity index (χ1n) is 7.85. The maximum absolute atomic E-state index is 12.0. The summed E-state index contributed by atoms with van der Waals surface area (Å²) in [5.41, 5.74) is 0. The fourth-order valence-corrected chi connectivity index (χ4v) is 3.56. The topological polar surface area (TPSA) is 105 Å². The standard InChI is InChI=1S/C14H25N5O3S.ClH/c1-11-18-14(10-19(11)2)23(21,22)17-8-5-13(20)16-7-4-12-3-6-15-9-12;/h10,12,15,17H,3-9H2,1-2H3,(H,16,20);1H. The molecule has 1 unspecified atom stereocenters. The number of halogens is 1. The SMILES string of the molecule is Cc1nc(S(=O)(=O)NCCC(=O)NCCC2CCNC2)cn1C.Cl. The van der Waals surface area contributed by atoms with Gasteiger partial charge in [0.2, 0.25) is 5.91 Å². The number of aryl methyl sites for hydroxylation is 2. The van der Waals surface area contributed by atoms with E-state index >= 15 is 0 Å². The molecule has 24 heavy (non-hydrogen) atoms. The average molecular weight is 380 g/mol. The molecule has 1 saturated heterocycles. The highest BCUT2D eigenvalue weighted by atomic mass is 35.5. The van der Waals surface area contributed by atoms with Gasteiger partial charge in [0.15, 0.2) is 5.03 Å². The zero-order chi connectivity index (χ0) is 16.9. The van der Waals surface area contributed by atoms with Crippen LogP contribution in [0, 0.1) is 12.8 Å². The lowest BCUT2D eigenvalue weighted by Crippen LogP contribution is -2.32. The second kappa shape index (κ2) is 9.36. The maximum Gasteiger partial charge on any atom is 0.259 e. The van der Waals surface area contributed by atoms with Gasteiger partial charge in [0.05, 0.1) is 0 Å². The van der Waals surface area contributed by atoms with Crippen molar-refractivity contribution in [2.24, 2.45) is 13.0 Å². The Bertz CT molecular complexity index is 621. The quantitative estimate of drug-likeness (QED) is 0.586. The van der Waals surface area contributed by atoms with Crippen LogP contribution in [-0.4, -0.2) is 50.1 Å². The van der Waals surface area contributed by atoms with Crippen LogP contribution in [0.1, 0.15) is 25.1 Å². The van der Waals surface area contributed by atoms with Crippen molar-refractivity contribution < 1.29 is 13.2 Å². The van der Waals surface area contributed by atoms with E-state index in [1.807, 2.05) is 0 Å². The molecule has 1 atom stereocenters. The zero-order valence-corrected chi connectivity index (χ0v) is 15.7. The Morgan fingerprint density at radius 3 is 2.79 bits per heavy atom. The normalized spacial score (nSPS) is 17.5. The van der Waals surface area contributed by atoms with E-state index < -0.39 is 10.0 Å². The van der Waals surface area contributed by atoms with Crippen LogP contribution >= 0.6 is 12.4 Å². The van der Waals surface area contributed by atoms with E-state index in [2.05, 4.69) is 20.3 Å². The second-order valence-corrected chi connectivity index (χ2v) is 7.60. The number of nitrogens with one attached hydrogen (secondary N) is 3. The first-order chi connectivity index (χ1) is 10.9. The summed E-state index contributed by atoms with van der Waals surface area (Å²) >= 11 is 0. The van der Waals surface area contributed by atoms with Gasteiger partial charge in [-0.1, -0.05) is 0 Å². The van der Waals surface area contributed by atoms with Gasteiger partial charge in [0.1, 0.15) is 5.82 Å². The highest BCUT2D eigenvalue weighted by Crippen LogP contribution is 2.10. The van der Waals surface area contributed by atoms with Crippen molar-refractivity contribution in [3.05, 3.63) is 12.0 Å². The summed E-state index contributed by atoms with van der Waals surface area (Å²) in [6.45, 7) is 4.49. The largest absolute Gasteiger partial charge is 0.356 e. The van der Waals surface area contributed by atoms with Crippen LogP contribution in [0.15, 0.2) is 11.2 Å². The summed E-state index contributed by atoms with van der Waals surface area (Å²) in [4.78, 5) is 15.7. The minimum atomic E-state index is -3.66. The number of imidazole rings is 1. The predicted molar refractivity (Wildman–Crippen MR) is 93.6 cm³/mol. The van der Waals surface area contributed by atoms with E-state index in [0.29, 0.717) is 18.3 Å². The van der Waals surface area contributed by atoms with Crippen molar-refractivity contribution in [1.82, 2.24) is 24.9 Å². The lowest BCUT2D eigenvalue weighted by atomic mass is 10.1. The molecule has 138 valence electrons. The molecule has 1 fully saturated rings. The highest BCUT2D eigenvalue weighted by molar-refractivity contribution is 7.89. The molecule has 0 radical (unpaired) electrons. The van der Waals surface area contributed by atoms with E-state index in [9.17, 15) is 13.2 Å². The summed E-state index contributed by atoms with van der Waals surface area (Å²) in [5.74, 6) is 1.10. The summed E-state index contributed by atoms with van der Waals surface area (Å²) in [6, 6.07) is 0. The summed E-state index contributed by atoms with van der Waals surface area (Å²) in [7, 11) is -1.93. The van der Waals surface area contributed by atoms with Crippen molar-refractivity contribution in [2.75, 3.05) is 26.2 Å². The Morgan fingerprint density at radius 1 is 1.46 bits per heavy atom. The van der Waals surface area contributed by atoms with Crippen LogP contribution in [0.5, 0.6) is 0 Å². The Morgan fingerprint density at radius 2 is 2.21 bits per heavy atom. The number of carbonyl (C=O) groups is 1. The van der Waals surface area contributed by atoms with Gasteiger partial charge < -0.3 is 15.2 Å². The molecule has 0 aromatic carbocycles. The molecule has 8 nitrogen and oxygen atoms in total. The minimum absolute atomic E-state index is 0. The number of carbonyl (C=O) groups excluding carboxylic acids is 1. The van der Waals surface area contributed by atoms with Crippen LogP contribution in [0.3, 0.4) is 0 Å². The number of amides is 1. The molecule has 1 aromatic rings. The molecule has 0 bridgehead atoms. The Labute approximate surface area is 149 Å². The molecule has 0 saturated carbocycles. The van der Waals surface area contributed by atoms with Crippen molar-refractivity contribution >= 4 is 28.3 Å². The molecule has 1 aliphatic rings.